The maximum atomic E-state index is 12.3. The third-order valence-corrected chi connectivity index (χ3v) is 4.59. The molecule has 2 rings (SSSR count). The Morgan fingerprint density at radius 1 is 1.43 bits per heavy atom. The van der Waals surface area contributed by atoms with E-state index in [0.29, 0.717) is 13.1 Å². The summed E-state index contributed by atoms with van der Waals surface area (Å²) in [5.41, 5.74) is 5.57. The van der Waals surface area contributed by atoms with Crippen LogP contribution in [0.1, 0.15) is 23.2 Å². The van der Waals surface area contributed by atoms with E-state index in [1.165, 1.54) is 25.3 Å². The highest BCUT2D eigenvalue weighted by molar-refractivity contribution is 7.89. The Bertz CT molecular complexity index is 626. The van der Waals surface area contributed by atoms with Gasteiger partial charge in [0.25, 0.3) is 5.91 Å². The van der Waals surface area contributed by atoms with Crippen molar-refractivity contribution < 1.29 is 17.9 Å². The van der Waals surface area contributed by atoms with Gasteiger partial charge in [0.15, 0.2) is 0 Å². The lowest BCUT2D eigenvalue weighted by Gasteiger charge is -2.12. The summed E-state index contributed by atoms with van der Waals surface area (Å²) in [5.74, 6) is -0.163. The van der Waals surface area contributed by atoms with Gasteiger partial charge < -0.3 is 15.8 Å². The van der Waals surface area contributed by atoms with Crippen LogP contribution in [0, 0.1) is 0 Å². The Morgan fingerprint density at radius 3 is 2.71 bits per heavy atom. The smallest absolute Gasteiger partial charge is 0.251 e. The molecule has 0 unspecified atom stereocenters. The van der Waals surface area contributed by atoms with Crippen LogP contribution in [0.5, 0.6) is 5.75 Å². The summed E-state index contributed by atoms with van der Waals surface area (Å²) in [6.45, 7) is 0.642. The van der Waals surface area contributed by atoms with Crippen LogP contribution in [0.2, 0.25) is 0 Å². The number of rotatable bonds is 7. The Balaban J connectivity index is 2.31. The first kappa shape index (κ1) is 15.7. The van der Waals surface area contributed by atoms with E-state index in [-0.39, 0.29) is 28.2 Å². The summed E-state index contributed by atoms with van der Waals surface area (Å²) in [5, 5.41) is 2.60. The second kappa shape index (κ2) is 6.42. The highest BCUT2D eigenvalue weighted by Crippen LogP contribution is 2.28. The van der Waals surface area contributed by atoms with Crippen LogP contribution in [-0.2, 0) is 10.0 Å². The first-order valence-electron chi connectivity index (χ1n) is 6.66. The predicted molar refractivity (Wildman–Crippen MR) is 77.7 cm³/mol. The molecule has 0 spiro atoms. The molecular weight excluding hydrogens is 294 g/mol. The lowest BCUT2D eigenvalue weighted by Crippen LogP contribution is -2.30. The highest BCUT2D eigenvalue weighted by Gasteiger charge is 2.30. The number of carbonyl (C=O) groups excluding carboxylic acids is 1. The van der Waals surface area contributed by atoms with E-state index in [0.717, 1.165) is 12.8 Å². The zero-order chi connectivity index (χ0) is 15.5. The molecule has 0 saturated heterocycles. The minimum Gasteiger partial charge on any atom is -0.495 e. The van der Waals surface area contributed by atoms with E-state index in [1.54, 1.807) is 0 Å². The molecule has 116 valence electrons. The second-order valence-electron chi connectivity index (χ2n) is 4.81. The molecule has 7 nitrogen and oxygen atoms in total. The number of sulfonamides is 1. The van der Waals surface area contributed by atoms with Gasteiger partial charge in [-0.1, -0.05) is 0 Å². The average molecular weight is 313 g/mol. The highest BCUT2D eigenvalue weighted by atomic mass is 32.2. The molecule has 0 bridgehead atoms. The minimum absolute atomic E-state index is 0.0190. The van der Waals surface area contributed by atoms with Crippen molar-refractivity contribution in [2.45, 2.75) is 23.8 Å². The molecule has 1 fully saturated rings. The summed E-state index contributed by atoms with van der Waals surface area (Å²) in [6, 6.07) is 4.28. The van der Waals surface area contributed by atoms with Crippen molar-refractivity contribution in [1.29, 1.82) is 0 Å². The van der Waals surface area contributed by atoms with Crippen molar-refractivity contribution >= 4 is 15.9 Å². The van der Waals surface area contributed by atoms with E-state index in [1.807, 2.05) is 0 Å². The van der Waals surface area contributed by atoms with Gasteiger partial charge in [0.1, 0.15) is 10.6 Å². The third-order valence-electron chi connectivity index (χ3n) is 3.04. The first-order valence-corrected chi connectivity index (χ1v) is 8.15. The van der Waals surface area contributed by atoms with Crippen molar-refractivity contribution in [3.8, 4) is 5.75 Å². The van der Waals surface area contributed by atoms with Gasteiger partial charge in [-0.15, -0.1) is 0 Å². The van der Waals surface area contributed by atoms with Gasteiger partial charge in [-0.05, 0) is 31.0 Å². The van der Waals surface area contributed by atoms with Gasteiger partial charge in [-0.2, -0.15) is 0 Å². The number of methoxy groups -OCH3 is 1. The van der Waals surface area contributed by atoms with Crippen LogP contribution >= 0.6 is 0 Å². The molecule has 8 heteroatoms. The summed E-state index contributed by atoms with van der Waals surface area (Å²) in [7, 11) is -2.31. The lowest BCUT2D eigenvalue weighted by atomic mass is 10.2. The van der Waals surface area contributed by atoms with Crippen LogP contribution in [-0.4, -0.2) is 40.6 Å². The molecule has 1 aliphatic carbocycles. The molecule has 0 atom stereocenters. The number of amides is 1. The van der Waals surface area contributed by atoms with Gasteiger partial charge in [0.05, 0.1) is 7.11 Å². The Morgan fingerprint density at radius 2 is 2.14 bits per heavy atom. The number of benzene rings is 1. The molecule has 0 aliphatic heterocycles. The van der Waals surface area contributed by atoms with Crippen LogP contribution in [0.4, 0.5) is 0 Å². The number of carbonyl (C=O) groups is 1. The zero-order valence-electron chi connectivity index (χ0n) is 11.8. The fourth-order valence-electron chi connectivity index (χ4n) is 1.80. The fourth-order valence-corrected chi connectivity index (χ4v) is 3.30. The number of ether oxygens (including phenoxy) is 1. The van der Waals surface area contributed by atoms with Gasteiger partial charge in [0.2, 0.25) is 10.0 Å². The average Bonchev–Trinajstić information content (AvgIpc) is 3.27. The molecule has 1 aliphatic rings. The molecule has 1 aromatic carbocycles. The summed E-state index contributed by atoms with van der Waals surface area (Å²) in [6.07, 6.45) is 1.66. The first-order chi connectivity index (χ1) is 9.97. The molecular formula is C13H19N3O4S. The number of nitrogens with two attached hydrogens (primary N) is 1. The van der Waals surface area contributed by atoms with Crippen LogP contribution in [0.3, 0.4) is 0 Å². The standard InChI is InChI=1S/C13H19N3O4S/c1-20-11-5-2-9(13(17)15-7-6-14)8-12(11)21(18,19)16-10-3-4-10/h2,5,8,10,16H,3-4,6-7,14H2,1H3,(H,15,17). The van der Waals surface area contributed by atoms with E-state index < -0.39 is 10.0 Å². The molecule has 21 heavy (non-hydrogen) atoms. The van der Waals surface area contributed by atoms with Gasteiger partial charge in [0, 0.05) is 24.7 Å². The van der Waals surface area contributed by atoms with Crippen molar-refractivity contribution in [2.24, 2.45) is 5.73 Å². The topological polar surface area (TPSA) is 111 Å². The van der Waals surface area contributed by atoms with Crippen molar-refractivity contribution in [3.63, 3.8) is 0 Å². The molecule has 1 saturated carbocycles. The second-order valence-corrected chi connectivity index (χ2v) is 6.49. The molecule has 0 aromatic heterocycles. The molecule has 0 radical (unpaired) electrons. The monoisotopic (exact) mass is 313 g/mol. The normalized spacial score (nSPS) is 14.8. The largest absolute Gasteiger partial charge is 0.495 e. The molecule has 4 N–H and O–H groups in total. The van der Waals surface area contributed by atoms with Crippen LogP contribution < -0.4 is 20.5 Å². The molecule has 0 heterocycles. The lowest BCUT2D eigenvalue weighted by molar-refractivity contribution is 0.0954. The minimum atomic E-state index is -3.70. The third kappa shape index (κ3) is 3.93. The summed E-state index contributed by atoms with van der Waals surface area (Å²) < 4.78 is 32.3. The van der Waals surface area contributed by atoms with Gasteiger partial charge in [-0.25, -0.2) is 13.1 Å². The van der Waals surface area contributed by atoms with Crippen molar-refractivity contribution in [2.75, 3.05) is 20.2 Å². The SMILES string of the molecule is COc1ccc(C(=O)NCCN)cc1S(=O)(=O)NC1CC1. The van der Waals surface area contributed by atoms with Crippen molar-refractivity contribution in [1.82, 2.24) is 10.0 Å². The van der Waals surface area contributed by atoms with Gasteiger partial charge in [-0.3, -0.25) is 4.79 Å². The van der Waals surface area contributed by atoms with Crippen molar-refractivity contribution in [3.05, 3.63) is 23.8 Å². The van der Waals surface area contributed by atoms with E-state index >= 15 is 0 Å². The number of hydrogen-bond donors (Lipinski definition) is 3. The molecule has 1 amide bonds. The molecule has 1 aromatic rings. The van der Waals surface area contributed by atoms with E-state index in [2.05, 4.69) is 10.0 Å². The number of hydrogen-bond acceptors (Lipinski definition) is 5. The maximum absolute atomic E-state index is 12.3. The summed E-state index contributed by atoms with van der Waals surface area (Å²) >= 11 is 0. The van der Waals surface area contributed by atoms with E-state index in [4.69, 9.17) is 10.5 Å². The van der Waals surface area contributed by atoms with E-state index in [9.17, 15) is 13.2 Å². The van der Waals surface area contributed by atoms with Crippen LogP contribution in [0.25, 0.3) is 0 Å². The quantitative estimate of drug-likeness (QED) is 0.647. The number of nitrogens with one attached hydrogen (secondary N) is 2. The Labute approximate surface area is 123 Å². The Kier molecular flexibility index (Phi) is 4.81. The maximum Gasteiger partial charge on any atom is 0.251 e. The zero-order valence-corrected chi connectivity index (χ0v) is 12.6. The van der Waals surface area contributed by atoms with Gasteiger partial charge >= 0.3 is 0 Å². The Hall–Kier alpha value is -1.64. The fraction of sp³-hybridized carbons (Fsp3) is 0.462. The predicted octanol–water partition coefficient (Wildman–Crippen LogP) is -0.176. The van der Waals surface area contributed by atoms with Crippen LogP contribution in [0.15, 0.2) is 23.1 Å². The summed E-state index contributed by atoms with van der Waals surface area (Å²) in [4.78, 5) is 11.9.